The van der Waals surface area contributed by atoms with E-state index < -0.39 is 0 Å². The van der Waals surface area contributed by atoms with Crippen molar-refractivity contribution < 1.29 is 9.53 Å². The van der Waals surface area contributed by atoms with Crippen molar-refractivity contribution in [3.8, 4) is 5.75 Å². The molecule has 1 aliphatic heterocycles. The lowest BCUT2D eigenvalue weighted by atomic mass is 10.2. The minimum atomic E-state index is -0.0565. The van der Waals surface area contributed by atoms with E-state index in [1.807, 2.05) is 44.4 Å². The van der Waals surface area contributed by atoms with Crippen LogP contribution in [0.5, 0.6) is 5.75 Å². The molecule has 1 amide bonds. The molecule has 0 radical (unpaired) electrons. The summed E-state index contributed by atoms with van der Waals surface area (Å²) in [5.41, 5.74) is 1.75. The summed E-state index contributed by atoms with van der Waals surface area (Å²) >= 11 is 0. The minimum Gasteiger partial charge on any atom is -0.495 e. The molecular weight excluding hydrogens is 366 g/mol. The second-order valence-electron chi connectivity index (χ2n) is 7.43. The molecule has 0 saturated carbocycles. The zero-order chi connectivity index (χ0) is 20.6. The Labute approximate surface area is 173 Å². The molecule has 0 atom stereocenters. The van der Waals surface area contributed by atoms with E-state index in [1.165, 1.54) is 0 Å². The van der Waals surface area contributed by atoms with Gasteiger partial charge in [-0.15, -0.1) is 0 Å². The van der Waals surface area contributed by atoms with E-state index in [4.69, 9.17) is 4.74 Å². The Morgan fingerprint density at radius 2 is 1.83 bits per heavy atom. The zero-order valence-corrected chi connectivity index (χ0v) is 17.6. The van der Waals surface area contributed by atoms with Gasteiger partial charge in [-0.1, -0.05) is 12.1 Å². The summed E-state index contributed by atoms with van der Waals surface area (Å²) in [6, 6.07) is 11.8. The Morgan fingerprint density at radius 1 is 1.10 bits per heavy atom. The van der Waals surface area contributed by atoms with E-state index >= 15 is 0 Å². The van der Waals surface area contributed by atoms with Crippen LogP contribution >= 0.6 is 0 Å². The molecule has 0 bridgehead atoms. The van der Waals surface area contributed by atoms with E-state index in [2.05, 4.69) is 31.1 Å². The van der Waals surface area contributed by atoms with E-state index in [9.17, 15) is 4.79 Å². The SMILES string of the molecule is COc1ccccc1N1CCN(c2ncccc2C(=O)NCCCN(C)C)CC1. The number of carbonyl (C=O) groups excluding carboxylic acids is 1. The maximum absolute atomic E-state index is 12.7. The number of hydrogen-bond donors (Lipinski definition) is 1. The van der Waals surface area contributed by atoms with Gasteiger partial charge in [0.15, 0.2) is 0 Å². The summed E-state index contributed by atoms with van der Waals surface area (Å²) in [5, 5.41) is 3.02. The van der Waals surface area contributed by atoms with Crippen molar-refractivity contribution >= 4 is 17.4 Å². The van der Waals surface area contributed by atoms with E-state index in [0.29, 0.717) is 12.1 Å². The van der Waals surface area contributed by atoms with Crippen molar-refractivity contribution in [3.63, 3.8) is 0 Å². The summed E-state index contributed by atoms with van der Waals surface area (Å²) in [4.78, 5) is 23.9. The number of nitrogens with one attached hydrogen (secondary N) is 1. The van der Waals surface area contributed by atoms with Crippen molar-refractivity contribution in [3.05, 3.63) is 48.2 Å². The Morgan fingerprint density at radius 3 is 2.55 bits per heavy atom. The Kier molecular flexibility index (Phi) is 7.30. The highest BCUT2D eigenvalue weighted by molar-refractivity contribution is 5.98. The number of rotatable bonds is 8. The molecule has 7 nitrogen and oxygen atoms in total. The molecule has 1 saturated heterocycles. The zero-order valence-electron chi connectivity index (χ0n) is 17.6. The van der Waals surface area contributed by atoms with Gasteiger partial charge in [-0.3, -0.25) is 4.79 Å². The highest BCUT2D eigenvalue weighted by Crippen LogP contribution is 2.29. The van der Waals surface area contributed by atoms with Crippen LogP contribution in [0.2, 0.25) is 0 Å². The molecule has 156 valence electrons. The normalized spacial score (nSPS) is 14.2. The van der Waals surface area contributed by atoms with E-state index in [-0.39, 0.29) is 5.91 Å². The van der Waals surface area contributed by atoms with Crippen LogP contribution in [0.1, 0.15) is 16.8 Å². The number of benzene rings is 1. The molecule has 1 aromatic carbocycles. The number of amides is 1. The average molecular weight is 398 g/mol. The lowest BCUT2D eigenvalue weighted by Gasteiger charge is -2.37. The molecule has 1 aliphatic rings. The average Bonchev–Trinajstić information content (AvgIpc) is 2.76. The van der Waals surface area contributed by atoms with Gasteiger partial charge in [-0.2, -0.15) is 0 Å². The third-order valence-corrected chi connectivity index (χ3v) is 5.10. The molecule has 0 spiro atoms. The van der Waals surface area contributed by atoms with Crippen LogP contribution in [-0.2, 0) is 0 Å². The van der Waals surface area contributed by atoms with Gasteiger partial charge in [0, 0.05) is 38.9 Å². The number of piperazine rings is 1. The van der Waals surface area contributed by atoms with Gasteiger partial charge in [0.2, 0.25) is 0 Å². The maximum Gasteiger partial charge on any atom is 0.255 e. The number of methoxy groups -OCH3 is 1. The first-order chi connectivity index (χ1) is 14.1. The van der Waals surface area contributed by atoms with Gasteiger partial charge in [-0.05, 0) is 51.3 Å². The highest BCUT2D eigenvalue weighted by Gasteiger charge is 2.23. The summed E-state index contributed by atoms with van der Waals surface area (Å²) in [7, 11) is 5.77. The van der Waals surface area contributed by atoms with Gasteiger partial charge in [-0.25, -0.2) is 4.98 Å². The molecule has 1 N–H and O–H groups in total. The Balaban J connectivity index is 1.63. The fourth-order valence-corrected chi connectivity index (χ4v) is 3.57. The predicted molar refractivity (Wildman–Crippen MR) is 117 cm³/mol. The van der Waals surface area contributed by atoms with Crippen molar-refractivity contribution in [2.24, 2.45) is 0 Å². The molecule has 1 fully saturated rings. The summed E-state index contributed by atoms with van der Waals surface area (Å²) in [5.74, 6) is 1.59. The van der Waals surface area contributed by atoms with Crippen molar-refractivity contribution in [1.29, 1.82) is 0 Å². The van der Waals surface area contributed by atoms with E-state index in [0.717, 1.165) is 56.4 Å². The number of nitrogens with zero attached hydrogens (tertiary/aromatic N) is 4. The lowest BCUT2D eigenvalue weighted by molar-refractivity contribution is 0.0952. The monoisotopic (exact) mass is 397 g/mol. The number of ether oxygens (including phenoxy) is 1. The first-order valence-corrected chi connectivity index (χ1v) is 10.1. The van der Waals surface area contributed by atoms with Crippen LogP contribution in [0, 0.1) is 0 Å². The quantitative estimate of drug-likeness (QED) is 0.689. The third kappa shape index (κ3) is 5.38. The van der Waals surface area contributed by atoms with Crippen LogP contribution in [0.3, 0.4) is 0 Å². The van der Waals surface area contributed by atoms with Gasteiger partial charge >= 0.3 is 0 Å². The largest absolute Gasteiger partial charge is 0.495 e. The fraction of sp³-hybridized carbons (Fsp3) is 0.455. The molecule has 3 rings (SSSR count). The lowest BCUT2D eigenvalue weighted by Crippen LogP contribution is -2.47. The number of anilines is 2. The summed E-state index contributed by atoms with van der Waals surface area (Å²) in [6.07, 6.45) is 2.68. The molecule has 2 heterocycles. The Hall–Kier alpha value is -2.80. The summed E-state index contributed by atoms with van der Waals surface area (Å²) in [6.45, 7) is 4.91. The molecule has 7 heteroatoms. The van der Waals surface area contributed by atoms with E-state index in [1.54, 1.807) is 13.3 Å². The standard InChI is InChI=1S/C22H31N5O2/c1-25(2)13-7-12-24-22(28)18-8-6-11-23-21(18)27-16-14-26(15-17-27)19-9-4-5-10-20(19)29-3/h4-6,8-11H,7,12-17H2,1-3H3,(H,24,28). The Bertz CT molecular complexity index is 803. The van der Waals surface area contributed by atoms with Crippen LogP contribution in [0.4, 0.5) is 11.5 Å². The fourth-order valence-electron chi connectivity index (χ4n) is 3.57. The molecular formula is C22H31N5O2. The van der Waals surface area contributed by atoms with Crippen molar-refractivity contribution in [2.45, 2.75) is 6.42 Å². The first kappa shape index (κ1) is 20.9. The number of aromatic nitrogens is 1. The predicted octanol–water partition coefficient (Wildman–Crippen LogP) is 2.10. The molecule has 29 heavy (non-hydrogen) atoms. The van der Waals surface area contributed by atoms with Crippen LogP contribution in [-0.4, -0.2) is 76.3 Å². The van der Waals surface area contributed by atoms with Gasteiger partial charge < -0.3 is 24.8 Å². The van der Waals surface area contributed by atoms with Gasteiger partial charge in [0.25, 0.3) is 5.91 Å². The number of pyridine rings is 1. The van der Waals surface area contributed by atoms with Crippen molar-refractivity contribution in [2.75, 3.05) is 70.3 Å². The minimum absolute atomic E-state index is 0.0565. The number of para-hydroxylation sites is 2. The first-order valence-electron chi connectivity index (χ1n) is 10.1. The molecule has 0 unspecified atom stereocenters. The number of hydrogen-bond acceptors (Lipinski definition) is 6. The molecule has 0 aliphatic carbocycles. The third-order valence-electron chi connectivity index (χ3n) is 5.10. The molecule has 2 aromatic rings. The van der Waals surface area contributed by atoms with Gasteiger partial charge in [0.1, 0.15) is 11.6 Å². The highest BCUT2D eigenvalue weighted by atomic mass is 16.5. The topological polar surface area (TPSA) is 60.9 Å². The maximum atomic E-state index is 12.7. The van der Waals surface area contributed by atoms with Crippen LogP contribution < -0.4 is 19.9 Å². The summed E-state index contributed by atoms with van der Waals surface area (Å²) < 4.78 is 5.50. The van der Waals surface area contributed by atoms with Crippen molar-refractivity contribution in [1.82, 2.24) is 15.2 Å². The second-order valence-corrected chi connectivity index (χ2v) is 7.43. The van der Waals surface area contributed by atoms with Crippen LogP contribution in [0.15, 0.2) is 42.6 Å². The second kappa shape index (κ2) is 10.1. The smallest absolute Gasteiger partial charge is 0.255 e. The molecule has 1 aromatic heterocycles. The van der Waals surface area contributed by atoms with Crippen LogP contribution in [0.25, 0.3) is 0 Å². The van der Waals surface area contributed by atoms with Gasteiger partial charge in [0.05, 0.1) is 18.4 Å². The number of carbonyl (C=O) groups is 1.